The van der Waals surface area contributed by atoms with Gasteiger partial charge in [-0.05, 0) is 24.5 Å². The van der Waals surface area contributed by atoms with Gasteiger partial charge in [-0.25, -0.2) is 0 Å². The first-order chi connectivity index (χ1) is 9.16. The van der Waals surface area contributed by atoms with Crippen molar-refractivity contribution < 1.29 is 0 Å². The van der Waals surface area contributed by atoms with E-state index in [-0.39, 0.29) is 0 Å². The normalized spacial score (nSPS) is 10.2. The van der Waals surface area contributed by atoms with Gasteiger partial charge in [-0.15, -0.1) is 0 Å². The molecule has 0 radical (unpaired) electrons. The average Bonchev–Trinajstić information content (AvgIpc) is 2.40. The van der Waals surface area contributed by atoms with E-state index in [1.807, 2.05) is 26.0 Å². The van der Waals surface area contributed by atoms with E-state index >= 15 is 0 Å². The number of anilines is 1. The minimum absolute atomic E-state index is 0.615. The van der Waals surface area contributed by atoms with Crippen molar-refractivity contribution in [2.75, 3.05) is 11.9 Å². The van der Waals surface area contributed by atoms with E-state index < -0.39 is 0 Å². The van der Waals surface area contributed by atoms with Crippen LogP contribution < -0.4 is 5.32 Å². The van der Waals surface area contributed by atoms with E-state index in [1.54, 1.807) is 12.4 Å². The molecular formula is C15H22ClN3. The molecule has 3 nitrogen and oxygen atoms in total. The van der Waals surface area contributed by atoms with Gasteiger partial charge in [0, 0.05) is 18.9 Å². The van der Waals surface area contributed by atoms with Crippen molar-refractivity contribution >= 4 is 28.3 Å². The summed E-state index contributed by atoms with van der Waals surface area (Å²) in [5.41, 5.74) is 2.72. The highest BCUT2D eigenvalue weighted by molar-refractivity contribution is 6.31. The number of pyridine rings is 2. The summed E-state index contributed by atoms with van der Waals surface area (Å²) in [6, 6.07) is 3.78. The lowest BCUT2D eigenvalue weighted by Gasteiger charge is -2.10. The predicted molar refractivity (Wildman–Crippen MR) is 83.8 cm³/mol. The SMILES string of the molecule is CC.CC(C)CCNc1ccnc2cc(Cl)cnc12. The minimum atomic E-state index is 0.615. The lowest BCUT2D eigenvalue weighted by molar-refractivity contribution is 0.607. The van der Waals surface area contributed by atoms with E-state index in [4.69, 9.17) is 11.6 Å². The van der Waals surface area contributed by atoms with Gasteiger partial charge in [0.15, 0.2) is 0 Å². The Hall–Kier alpha value is -1.35. The average molecular weight is 280 g/mol. The fourth-order valence-electron chi connectivity index (χ4n) is 1.64. The van der Waals surface area contributed by atoms with Gasteiger partial charge in [0.2, 0.25) is 0 Å². The molecule has 0 saturated carbocycles. The van der Waals surface area contributed by atoms with Gasteiger partial charge in [-0.3, -0.25) is 9.97 Å². The van der Waals surface area contributed by atoms with E-state index in [9.17, 15) is 0 Å². The lowest BCUT2D eigenvalue weighted by Crippen LogP contribution is -2.05. The Kier molecular flexibility index (Phi) is 6.57. The zero-order valence-electron chi connectivity index (χ0n) is 12.1. The molecule has 0 aliphatic heterocycles. The number of aromatic nitrogens is 2. The van der Waals surface area contributed by atoms with E-state index in [0.29, 0.717) is 10.9 Å². The van der Waals surface area contributed by atoms with Crippen LogP contribution in [0, 0.1) is 5.92 Å². The lowest BCUT2D eigenvalue weighted by atomic mass is 10.1. The number of halogens is 1. The molecule has 2 heterocycles. The Morgan fingerprint density at radius 1 is 1.26 bits per heavy atom. The molecule has 2 aromatic rings. The summed E-state index contributed by atoms with van der Waals surface area (Å²) in [5.74, 6) is 0.693. The number of hydrogen-bond donors (Lipinski definition) is 1. The van der Waals surface area contributed by atoms with Gasteiger partial charge < -0.3 is 5.32 Å². The smallest absolute Gasteiger partial charge is 0.112 e. The third-order valence-corrected chi connectivity index (χ3v) is 2.79. The molecular weight excluding hydrogens is 258 g/mol. The van der Waals surface area contributed by atoms with E-state index in [1.165, 1.54) is 0 Å². The number of rotatable bonds is 4. The standard InChI is InChI=1S/C13H16ClN3.C2H6/c1-9(2)3-5-15-11-4-6-16-12-7-10(14)8-17-13(11)12;1-2/h4,6-9H,3,5H2,1-2H3,(H,15,16);1-2H3. The van der Waals surface area contributed by atoms with Crippen LogP contribution in [-0.4, -0.2) is 16.5 Å². The van der Waals surface area contributed by atoms with Crippen LogP contribution in [0.4, 0.5) is 5.69 Å². The summed E-state index contributed by atoms with van der Waals surface area (Å²) in [4.78, 5) is 8.58. The van der Waals surface area contributed by atoms with E-state index in [0.717, 1.165) is 29.7 Å². The second kappa shape index (κ2) is 7.95. The van der Waals surface area contributed by atoms with Crippen LogP contribution in [-0.2, 0) is 0 Å². The van der Waals surface area contributed by atoms with Crippen molar-refractivity contribution in [3.8, 4) is 0 Å². The van der Waals surface area contributed by atoms with Gasteiger partial charge in [0.05, 0.1) is 16.2 Å². The molecule has 0 aliphatic carbocycles. The van der Waals surface area contributed by atoms with Crippen molar-refractivity contribution in [2.45, 2.75) is 34.1 Å². The topological polar surface area (TPSA) is 37.8 Å². The molecule has 0 fully saturated rings. The molecule has 19 heavy (non-hydrogen) atoms. The molecule has 104 valence electrons. The first kappa shape index (κ1) is 15.7. The Bertz CT molecular complexity index is 512. The zero-order chi connectivity index (χ0) is 14.3. The number of nitrogens with zero attached hydrogens (tertiary/aromatic N) is 2. The van der Waals surface area contributed by atoms with Crippen LogP contribution in [0.25, 0.3) is 11.0 Å². The molecule has 1 N–H and O–H groups in total. The summed E-state index contributed by atoms with van der Waals surface area (Å²) < 4.78 is 0. The Morgan fingerprint density at radius 3 is 2.68 bits per heavy atom. The van der Waals surface area contributed by atoms with Gasteiger partial charge in [-0.2, -0.15) is 0 Å². The van der Waals surface area contributed by atoms with Crippen LogP contribution in [0.2, 0.25) is 5.02 Å². The predicted octanol–water partition coefficient (Wildman–Crippen LogP) is 4.77. The van der Waals surface area contributed by atoms with Gasteiger partial charge in [0.25, 0.3) is 0 Å². The second-order valence-electron chi connectivity index (χ2n) is 4.49. The number of nitrogens with one attached hydrogen (secondary N) is 1. The van der Waals surface area contributed by atoms with Crippen LogP contribution in [0.15, 0.2) is 24.5 Å². The van der Waals surface area contributed by atoms with Crippen LogP contribution in [0.1, 0.15) is 34.1 Å². The van der Waals surface area contributed by atoms with E-state index in [2.05, 4.69) is 29.1 Å². The van der Waals surface area contributed by atoms with Crippen molar-refractivity contribution in [2.24, 2.45) is 5.92 Å². The zero-order valence-corrected chi connectivity index (χ0v) is 12.8. The minimum Gasteiger partial charge on any atom is -0.383 e. The Morgan fingerprint density at radius 2 is 2.00 bits per heavy atom. The van der Waals surface area contributed by atoms with Crippen LogP contribution in [0.3, 0.4) is 0 Å². The first-order valence-electron chi connectivity index (χ1n) is 6.81. The molecule has 4 heteroatoms. The third-order valence-electron chi connectivity index (χ3n) is 2.58. The maximum atomic E-state index is 5.89. The molecule has 0 bridgehead atoms. The Labute approximate surface area is 120 Å². The summed E-state index contributed by atoms with van der Waals surface area (Å²) in [6.45, 7) is 9.37. The summed E-state index contributed by atoms with van der Waals surface area (Å²) in [7, 11) is 0. The van der Waals surface area contributed by atoms with Crippen molar-refractivity contribution in [3.05, 3.63) is 29.5 Å². The van der Waals surface area contributed by atoms with Gasteiger partial charge >= 0.3 is 0 Å². The van der Waals surface area contributed by atoms with Crippen molar-refractivity contribution in [1.82, 2.24) is 9.97 Å². The number of fused-ring (bicyclic) bond motifs is 1. The van der Waals surface area contributed by atoms with Gasteiger partial charge in [0.1, 0.15) is 5.52 Å². The Balaban J connectivity index is 0.000000861. The molecule has 0 amide bonds. The molecule has 2 aromatic heterocycles. The summed E-state index contributed by atoms with van der Waals surface area (Å²) >= 11 is 5.89. The fraction of sp³-hybridized carbons (Fsp3) is 0.467. The highest BCUT2D eigenvalue weighted by Gasteiger charge is 2.03. The quantitative estimate of drug-likeness (QED) is 0.876. The summed E-state index contributed by atoms with van der Waals surface area (Å²) in [6.07, 6.45) is 4.56. The van der Waals surface area contributed by atoms with Crippen molar-refractivity contribution in [3.63, 3.8) is 0 Å². The first-order valence-corrected chi connectivity index (χ1v) is 7.19. The molecule has 2 rings (SSSR count). The molecule has 0 aliphatic rings. The van der Waals surface area contributed by atoms with Crippen LogP contribution >= 0.6 is 11.6 Å². The molecule has 0 spiro atoms. The maximum absolute atomic E-state index is 5.89. The highest BCUT2D eigenvalue weighted by Crippen LogP contribution is 2.21. The van der Waals surface area contributed by atoms with Crippen LogP contribution in [0.5, 0.6) is 0 Å². The molecule has 0 saturated heterocycles. The largest absolute Gasteiger partial charge is 0.383 e. The highest BCUT2D eigenvalue weighted by atomic mass is 35.5. The third kappa shape index (κ3) is 4.67. The maximum Gasteiger partial charge on any atom is 0.112 e. The monoisotopic (exact) mass is 279 g/mol. The molecule has 0 atom stereocenters. The second-order valence-corrected chi connectivity index (χ2v) is 4.93. The molecule has 0 unspecified atom stereocenters. The molecule has 0 aromatic carbocycles. The van der Waals surface area contributed by atoms with Crippen molar-refractivity contribution in [1.29, 1.82) is 0 Å². The number of hydrogen-bond acceptors (Lipinski definition) is 3. The van der Waals surface area contributed by atoms with Gasteiger partial charge in [-0.1, -0.05) is 39.3 Å². The summed E-state index contributed by atoms with van der Waals surface area (Å²) in [5, 5.41) is 4.01. The fourth-order valence-corrected chi connectivity index (χ4v) is 1.80.